The first kappa shape index (κ1) is 15.4. The number of nitrogens with zero attached hydrogens (tertiary/aromatic N) is 2. The number of fused-ring (bicyclic) bond motifs is 1. The van der Waals surface area contributed by atoms with Crippen LogP contribution >= 0.6 is 0 Å². The van der Waals surface area contributed by atoms with Crippen LogP contribution in [0, 0.1) is 17.2 Å². The largest absolute Gasteiger partial charge is 0.480 e. The molecule has 0 fully saturated rings. The van der Waals surface area contributed by atoms with E-state index in [-0.39, 0.29) is 12.0 Å². The SMILES string of the molecule is C[C@@H](CC#N)[C@H](NC(=O)c1cnc2ccccc2c1)C(=O)O. The zero-order chi connectivity index (χ0) is 16.1. The standard InChI is InChI=1S/C16H15N3O3/c1-10(6-7-17)14(16(21)22)19-15(20)12-8-11-4-2-3-5-13(11)18-9-12/h2-5,8-10,14H,6H2,1H3,(H,19,20)(H,21,22)/t10-,14-/m0/s1. The van der Waals surface area contributed by atoms with Crippen LogP contribution in [0.25, 0.3) is 10.9 Å². The Morgan fingerprint density at radius 1 is 1.41 bits per heavy atom. The lowest BCUT2D eigenvalue weighted by molar-refractivity contribution is -0.140. The average Bonchev–Trinajstić information content (AvgIpc) is 2.51. The first-order valence-electron chi connectivity index (χ1n) is 6.78. The van der Waals surface area contributed by atoms with Crippen molar-refractivity contribution in [2.24, 2.45) is 5.92 Å². The van der Waals surface area contributed by atoms with E-state index in [9.17, 15) is 14.7 Å². The van der Waals surface area contributed by atoms with E-state index in [0.29, 0.717) is 0 Å². The Balaban J connectivity index is 2.21. The van der Waals surface area contributed by atoms with Crippen molar-refractivity contribution < 1.29 is 14.7 Å². The van der Waals surface area contributed by atoms with E-state index in [1.807, 2.05) is 30.3 Å². The van der Waals surface area contributed by atoms with E-state index in [1.165, 1.54) is 6.20 Å². The summed E-state index contributed by atoms with van der Waals surface area (Å²) in [5.74, 6) is -2.17. The third kappa shape index (κ3) is 3.38. The van der Waals surface area contributed by atoms with Crippen molar-refractivity contribution in [3.63, 3.8) is 0 Å². The lowest BCUT2D eigenvalue weighted by atomic mass is 9.98. The average molecular weight is 297 g/mol. The molecule has 0 radical (unpaired) electrons. The second kappa shape index (κ2) is 6.68. The highest BCUT2D eigenvalue weighted by Crippen LogP contribution is 2.14. The lowest BCUT2D eigenvalue weighted by Gasteiger charge is -2.19. The Kier molecular flexibility index (Phi) is 4.69. The molecule has 0 aliphatic carbocycles. The van der Waals surface area contributed by atoms with Gasteiger partial charge in [-0.15, -0.1) is 0 Å². The molecule has 0 unspecified atom stereocenters. The number of hydrogen-bond acceptors (Lipinski definition) is 4. The Morgan fingerprint density at radius 3 is 2.82 bits per heavy atom. The summed E-state index contributed by atoms with van der Waals surface area (Å²) < 4.78 is 0. The predicted molar refractivity (Wildman–Crippen MR) is 80.0 cm³/mol. The number of carbonyl (C=O) groups excluding carboxylic acids is 1. The molecule has 1 amide bonds. The van der Waals surface area contributed by atoms with Crippen LogP contribution in [-0.4, -0.2) is 28.0 Å². The van der Waals surface area contributed by atoms with Gasteiger partial charge in [0.05, 0.1) is 17.1 Å². The number of para-hydroxylation sites is 1. The predicted octanol–water partition coefficient (Wildman–Crippen LogP) is 1.97. The molecule has 0 aliphatic heterocycles. The zero-order valence-electron chi connectivity index (χ0n) is 12.0. The van der Waals surface area contributed by atoms with Gasteiger partial charge in [-0.1, -0.05) is 25.1 Å². The molecule has 2 N–H and O–H groups in total. The van der Waals surface area contributed by atoms with Crippen LogP contribution in [0.1, 0.15) is 23.7 Å². The maximum absolute atomic E-state index is 12.2. The van der Waals surface area contributed by atoms with Gasteiger partial charge in [0.2, 0.25) is 0 Å². The second-order valence-electron chi connectivity index (χ2n) is 5.05. The highest BCUT2D eigenvalue weighted by atomic mass is 16.4. The molecule has 1 aromatic heterocycles. The number of carboxylic acids is 1. The Hall–Kier alpha value is -2.94. The Bertz CT molecular complexity index is 752. The minimum absolute atomic E-state index is 0.0488. The quantitative estimate of drug-likeness (QED) is 0.878. The molecule has 0 bridgehead atoms. The van der Waals surface area contributed by atoms with Gasteiger partial charge in [-0.25, -0.2) is 4.79 Å². The van der Waals surface area contributed by atoms with Crippen LogP contribution in [0.4, 0.5) is 0 Å². The molecule has 0 saturated heterocycles. The fraction of sp³-hybridized carbons (Fsp3) is 0.250. The smallest absolute Gasteiger partial charge is 0.326 e. The van der Waals surface area contributed by atoms with Gasteiger partial charge in [0.1, 0.15) is 6.04 Å². The van der Waals surface area contributed by atoms with E-state index in [2.05, 4.69) is 10.3 Å². The van der Waals surface area contributed by atoms with Gasteiger partial charge in [-0.2, -0.15) is 5.26 Å². The number of hydrogen-bond donors (Lipinski definition) is 2. The van der Waals surface area contributed by atoms with Crippen molar-refractivity contribution in [3.05, 3.63) is 42.1 Å². The molecule has 1 heterocycles. The molecule has 6 nitrogen and oxygen atoms in total. The third-order valence-corrected chi connectivity index (χ3v) is 3.39. The zero-order valence-corrected chi connectivity index (χ0v) is 12.0. The summed E-state index contributed by atoms with van der Waals surface area (Å²) in [5.41, 5.74) is 1.04. The summed E-state index contributed by atoms with van der Waals surface area (Å²) in [6.45, 7) is 1.61. The molecule has 2 atom stereocenters. The van der Waals surface area contributed by atoms with E-state index < -0.39 is 23.8 Å². The molecule has 2 aromatic rings. The van der Waals surface area contributed by atoms with Gasteiger partial charge in [0.25, 0.3) is 5.91 Å². The van der Waals surface area contributed by atoms with E-state index >= 15 is 0 Å². The van der Waals surface area contributed by atoms with Crippen molar-refractivity contribution >= 4 is 22.8 Å². The van der Waals surface area contributed by atoms with Gasteiger partial charge < -0.3 is 10.4 Å². The lowest BCUT2D eigenvalue weighted by Crippen LogP contribution is -2.45. The first-order valence-corrected chi connectivity index (χ1v) is 6.78. The summed E-state index contributed by atoms with van der Waals surface area (Å²) >= 11 is 0. The second-order valence-corrected chi connectivity index (χ2v) is 5.05. The maximum Gasteiger partial charge on any atom is 0.326 e. The molecule has 22 heavy (non-hydrogen) atoms. The van der Waals surface area contributed by atoms with Crippen LogP contribution in [0.15, 0.2) is 36.5 Å². The third-order valence-electron chi connectivity index (χ3n) is 3.39. The van der Waals surface area contributed by atoms with E-state index in [0.717, 1.165) is 10.9 Å². The van der Waals surface area contributed by atoms with Gasteiger partial charge >= 0.3 is 5.97 Å². The molecule has 2 rings (SSSR count). The number of aromatic nitrogens is 1. The minimum Gasteiger partial charge on any atom is -0.480 e. The van der Waals surface area contributed by atoms with Crippen LogP contribution in [0.3, 0.4) is 0 Å². The minimum atomic E-state index is -1.16. The van der Waals surface area contributed by atoms with Gasteiger partial charge in [0, 0.05) is 23.9 Å². The monoisotopic (exact) mass is 297 g/mol. The summed E-state index contributed by atoms with van der Waals surface area (Å²) in [4.78, 5) is 27.6. The number of nitriles is 1. The highest BCUT2D eigenvalue weighted by molar-refractivity contribution is 5.99. The van der Waals surface area contributed by atoms with Crippen LogP contribution in [0.5, 0.6) is 0 Å². The highest BCUT2D eigenvalue weighted by Gasteiger charge is 2.26. The number of rotatable bonds is 5. The molecule has 0 spiro atoms. The molecule has 112 valence electrons. The van der Waals surface area contributed by atoms with Crippen molar-refractivity contribution in [1.29, 1.82) is 5.26 Å². The van der Waals surface area contributed by atoms with Crippen molar-refractivity contribution in [3.8, 4) is 6.07 Å². The van der Waals surface area contributed by atoms with Gasteiger partial charge in [0.15, 0.2) is 0 Å². The van der Waals surface area contributed by atoms with Crippen LogP contribution < -0.4 is 5.32 Å². The number of nitrogens with one attached hydrogen (secondary N) is 1. The van der Waals surface area contributed by atoms with Gasteiger partial charge in [-0.05, 0) is 12.1 Å². The molecule has 1 aromatic carbocycles. The first-order chi connectivity index (χ1) is 10.5. The van der Waals surface area contributed by atoms with Crippen molar-refractivity contribution in [2.45, 2.75) is 19.4 Å². The number of amides is 1. The van der Waals surface area contributed by atoms with Crippen LogP contribution in [-0.2, 0) is 4.79 Å². The summed E-state index contributed by atoms with van der Waals surface area (Å²) in [7, 11) is 0. The Labute approximate surface area is 127 Å². The molecule has 0 saturated carbocycles. The number of pyridine rings is 1. The summed E-state index contributed by atoms with van der Waals surface area (Å²) in [6, 6.07) is 9.79. The number of carboxylic acid groups (broad SMARTS) is 1. The fourth-order valence-electron chi connectivity index (χ4n) is 2.13. The van der Waals surface area contributed by atoms with E-state index in [4.69, 9.17) is 5.26 Å². The van der Waals surface area contributed by atoms with Crippen molar-refractivity contribution in [1.82, 2.24) is 10.3 Å². The fourth-order valence-corrected chi connectivity index (χ4v) is 2.13. The molecular formula is C16H15N3O3. The van der Waals surface area contributed by atoms with E-state index in [1.54, 1.807) is 13.0 Å². The molecule has 0 aliphatic rings. The maximum atomic E-state index is 12.2. The Morgan fingerprint density at radius 2 is 2.14 bits per heavy atom. The topological polar surface area (TPSA) is 103 Å². The van der Waals surface area contributed by atoms with Crippen LogP contribution in [0.2, 0.25) is 0 Å². The summed E-state index contributed by atoms with van der Waals surface area (Å²) in [5, 5.41) is 21.1. The number of benzene rings is 1. The molecular weight excluding hydrogens is 282 g/mol. The van der Waals surface area contributed by atoms with Crippen molar-refractivity contribution in [2.75, 3.05) is 0 Å². The van der Waals surface area contributed by atoms with Gasteiger partial charge in [-0.3, -0.25) is 9.78 Å². The normalized spacial score (nSPS) is 13.1. The number of carbonyl (C=O) groups is 2. The molecule has 6 heteroatoms. The summed E-state index contributed by atoms with van der Waals surface area (Å²) in [6.07, 6.45) is 1.46. The number of aliphatic carboxylic acids is 1.